The summed E-state index contributed by atoms with van der Waals surface area (Å²) < 4.78 is 6.19. The third-order valence-electron chi connectivity index (χ3n) is 2.56. The molecule has 0 bridgehead atoms. The number of hydrogen-bond donors (Lipinski definition) is 1. The summed E-state index contributed by atoms with van der Waals surface area (Å²) in [7, 11) is 1.57. The molecule has 0 saturated heterocycles. The third-order valence-corrected chi connectivity index (χ3v) is 2.92. The van der Waals surface area contributed by atoms with Crippen LogP contribution in [-0.2, 0) is 11.3 Å². The topological polar surface area (TPSA) is 56.1 Å². The lowest BCUT2D eigenvalue weighted by molar-refractivity contribution is 0.182. The van der Waals surface area contributed by atoms with Crippen LogP contribution in [0.3, 0.4) is 0 Å². The van der Waals surface area contributed by atoms with Crippen LogP contribution in [0.15, 0.2) is 11.0 Å². The first-order valence-corrected chi connectivity index (χ1v) is 6.50. The zero-order chi connectivity index (χ0) is 14.1. The minimum atomic E-state index is -0.313. The molecule has 0 atom stereocenters. The Hall–Kier alpha value is -1.51. The summed E-state index contributed by atoms with van der Waals surface area (Å²) in [5.41, 5.74) is 0.244. The summed E-state index contributed by atoms with van der Waals surface area (Å²) in [5, 5.41) is 7.28. The number of terminal acetylenes is 1. The number of ether oxygens (including phenoxy) is 1. The molecule has 0 saturated carbocycles. The first-order valence-electron chi connectivity index (χ1n) is 6.12. The Balaban J connectivity index is 2.59. The molecule has 1 rings (SSSR count). The SMILES string of the molecule is C#CCCCCNc1cnn(CCOC)c(=O)c1Cl. The number of methoxy groups -OCH3 is 1. The highest BCUT2D eigenvalue weighted by Gasteiger charge is 2.08. The van der Waals surface area contributed by atoms with Crippen molar-refractivity contribution in [2.24, 2.45) is 0 Å². The zero-order valence-electron chi connectivity index (χ0n) is 11.0. The Morgan fingerprint density at radius 2 is 2.37 bits per heavy atom. The van der Waals surface area contributed by atoms with Crippen molar-refractivity contribution >= 4 is 17.3 Å². The third kappa shape index (κ3) is 4.93. The van der Waals surface area contributed by atoms with Gasteiger partial charge in [-0.2, -0.15) is 5.10 Å². The minimum absolute atomic E-state index is 0.156. The van der Waals surface area contributed by atoms with Crippen LogP contribution in [0.5, 0.6) is 0 Å². The van der Waals surface area contributed by atoms with E-state index in [1.54, 1.807) is 13.3 Å². The lowest BCUT2D eigenvalue weighted by Gasteiger charge is -2.09. The average Bonchev–Trinajstić information content (AvgIpc) is 2.42. The number of nitrogens with one attached hydrogen (secondary N) is 1. The molecule has 1 aromatic heterocycles. The van der Waals surface area contributed by atoms with Crippen molar-refractivity contribution < 1.29 is 4.74 Å². The molecule has 0 spiro atoms. The Bertz CT molecular complexity index is 494. The Labute approximate surface area is 117 Å². The Morgan fingerprint density at radius 1 is 1.58 bits per heavy atom. The van der Waals surface area contributed by atoms with Gasteiger partial charge in [0, 0.05) is 20.1 Å². The maximum Gasteiger partial charge on any atom is 0.287 e. The van der Waals surface area contributed by atoms with Gasteiger partial charge in [0.1, 0.15) is 5.02 Å². The second kappa shape index (κ2) is 8.57. The van der Waals surface area contributed by atoms with Gasteiger partial charge < -0.3 is 10.1 Å². The average molecular weight is 284 g/mol. The van der Waals surface area contributed by atoms with Gasteiger partial charge in [-0.25, -0.2) is 4.68 Å². The van der Waals surface area contributed by atoms with Crippen LogP contribution in [0.2, 0.25) is 5.02 Å². The Kier molecular flexibility index (Phi) is 7.01. The van der Waals surface area contributed by atoms with Gasteiger partial charge in [-0.05, 0) is 12.8 Å². The number of anilines is 1. The quantitative estimate of drug-likeness (QED) is 0.583. The summed E-state index contributed by atoms with van der Waals surface area (Å²) in [6.07, 6.45) is 9.35. The second-order valence-corrected chi connectivity index (χ2v) is 4.36. The van der Waals surface area contributed by atoms with E-state index in [9.17, 15) is 4.79 Å². The molecule has 5 nitrogen and oxygen atoms in total. The van der Waals surface area contributed by atoms with E-state index in [0.29, 0.717) is 25.4 Å². The van der Waals surface area contributed by atoms with Crippen molar-refractivity contribution in [3.8, 4) is 12.3 Å². The lowest BCUT2D eigenvalue weighted by Crippen LogP contribution is -2.26. The number of unbranched alkanes of at least 4 members (excludes halogenated alkanes) is 2. The van der Waals surface area contributed by atoms with Crippen molar-refractivity contribution in [3.63, 3.8) is 0 Å². The lowest BCUT2D eigenvalue weighted by atomic mass is 10.2. The van der Waals surface area contributed by atoms with Gasteiger partial charge in [-0.15, -0.1) is 12.3 Å². The molecular formula is C13H18ClN3O2. The maximum atomic E-state index is 11.9. The predicted octanol–water partition coefficient (Wildman–Crippen LogP) is 1.76. The van der Waals surface area contributed by atoms with Crippen molar-refractivity contribution in [1.82, 2.24) is 9.78 Å². The molecule has 0 aliphatic heterocycles. The van der Waals surface area contributed by atoms with Gasteiger partial charge in [-0.1, -0.05) is 11.6 Å². The molecule has 1 heterocycles. The maximum absolute atomic E-state index is 11.9. The zero-order valence-corrected chi connectivity index (χ0v) is 11.7. The minimum Gasteiger partial charge on any atom is -0.383 e. The van der Waals surface area contributed by atoms with Crippen LogP contribution in [0.25, 0.3) is 0 Å². The standard InChI is InChI=1S/C13H18ClN3O2/c1-3-4-5-6-7-15-11-10-16-17(8-9-19-2)13(18)12(11)14/h1,10,15H,4-9H2,2H3. The molecule has 6 heteroatoms. The number of hydrogen-bond acceptors (Lipinski definition) is 4. The molecule has 1 aromatic rings. The van der Waals surface area contributed by atoms with E-state index in [4.69, 9.17) is 22.8 Å². The second-order valence-electron chi connectivity index (χ2n) is 3.98. The van der Waals surface area contributed by atoms with Gasteiger partial charge in [0.2, 0.25) is 0 Å². The van der Waals surface area contributed by atoms with Crippen LogP contribution in [0.4, 0.5) is 5.69 Å². The fourth-order valence-corrected chi connectivity index (χ4v) is 1.71. The van der Waals surface area contributed by atoms with Gasteiger partial charge in [0.15, 0.2) is 0 Å². The van der Waals surface area contributed by atoms with E-state index in [0.717, 1.165) is 19.3 Å². The highest BCUT2D eigenvalue weighted by atomic mass is 35.5. The number of aromatic nitrogens is 2. The summed E-state index contributed by atoms with van der Waals surface area (Å²) >= 11 is 6.01. The molecule has 0 fully saturated rings. The fourth-order valence-electron chi connectivity index (χ4n) is 1.50. The first kappa shape index (κ1) is 15.5. The smallest absolute Gasteiger partial charge is 0.287 e. The van der Waals surface area contributed by atoms with Gasteiger partial charge in [0.05, 0.1) is 25.0 Å². The van der Waals surface area contributed by atoms with E-state index >= 15 is 0 Å². The molecule has 0 aromatic carbocycles. The van der Waals surface area contributed by atoms with E-state index in [2.05, 4.69) is 16.3 Å². The van der Waals surface area contributed by atoms with E-state index in [1.165, 1.54) is 4.68 Å². The largest absolute Gasteiger partial charge is 0.383 e. The van der Waals surface area contributed by atoms with Gasteiger partial charge in [-0.3, -0.25) is 4.79 Å². The van der Waals surface area contributed by atoms with Crippen molar-refractivity contribution in [3.05, 3.63) is 21.6 Å². The van der Waals surface area contributed by atoms with Crippen molar-refractivity contribution in [1.29, 1.82) is 0 Å². The molecule has 0 amide bonds. The molecule has 0 unspecified atom stereocenters. The summed E-state index contributed by atoms with van der Waals surface area (Å²) in [4.78, 5) is 11.9. The van der Waals surface area contributed by atoms with E-state index < -0.39 is 0 Å². The van der Waals surface area contributed by atoms with Gasteiger partial charge in [0.25, 0.3) is 5.56 Å². The monoisotopic (exact) mass is 283 g/mol. The molecular weight excluding hydrogens is 266 g/mol. The molecule has 0 aliphatic carbocycles. The van der Waals surface area contributed by atoms with Crippen LogP contribution < -0.4 is 10.9 Å². The number of rotatable bonds is 8. The predicted molar refractivity (Wildman–Crippen MR) is 76.6 cm³/mol. The molecule has 19 heavy (non-hydrogen) atoms. The normalized spacial score (nSPS) is 10.2. The number of halogens is 1. The molecule has 104 valence electrons. The highest BCUT2D eigenvalue weighted by molar-refractivity contribution is 6.32. The van der Waals surface area contributed by atoms with Crippen LogP contribution in [0, 0.1) is 12.3 Å². The molecule has 0 radical (unpaired) electrons. The Morgan fingerprint density at radius 3 is 3.05 bits per heavy atom. The van der Waals surface area contributed by atoms with E-state index in [1.807, 2.05) is 0 Å². The summed E-state index contributed by atoms with van der Waals surface area (Å²) in [6.45, 7) is 1.52. The summed E-state index contributed by atoms with van der Waals surface area (Å²) in [6, 6.07) is 0. The van der Waals surface area contributed by atoms with E-state index in [-0.39, 0.29) is 10.6 Å². The first-order chi connectivity index (χ1) is 9.20. The summed E-state index contributed by atoms with van der Waals surface area (Å²) in [5.74, 6) is 2.58. The van der Waals surface area contributed by atoms with Crippen LogP contribution >= 0.6 is 11.6 Å². The highest BCUT2D eigenvalue weighted by Crippen LogP contribution is 2.15. The fraction of sp³-hybridized carbons (Fsp3) is 0.538. The molecule has 0 aliphatic rings. The van der Waals surface area contributed by atoms with Crippen LogP contribution in [0.1, 0.15) is 19.3 Å². The van der Waals surface area contributed by atoms with Crippen molar-refractivity contribution in [2.75, 3.05) is 25.6 Å². The van der Waals surface area contributed by atoms with Gasteiger partial charge >= 0.3 is 0 Å². The van der Waals surface area contributed by atoms with Crippen LogP contribution in [-0.4, -0.2) is 30.0 Å². The number of nitrogens with zero attached hydrogens (tertiary/aromatic N) is 2. The molecule has 1 N–H and O–H groups in total. The van der Waals surface area contributed by atoms with Crippen molar-refractivity contribution in [2.45, 2.75) is 25.8 Å².